The van der Waals surface area contributed by atoms with Gasteiger partial charge in [0, 0.05) is 24.4 Å². The van der Waals surface area contributed by atoms with Crippen LogP contribution in [0.1, 0.15) is 18.4 Å². The van der Waals surface area contributed by atoms with E-state index in [2.05, 4.69) is 10.4 Å². The predicted octanol–water partition coefficient (Wildman–Crippen LogP) is 3.47. The Balaban J connectivity index is 1.56. The highest BCUT2D eigenvalue weighted by Crippen LogP contribution is 2.17. The Morgan fingerprint density at radius 2 is 2.33 bits per heavy atom. The lowest BCUT2D eigenvalue weighted by atomic mass is 10.2. The fourth-order valence-corrected chi connectivity index (χ4v) is 2.71. The lowest BCUT2D eigenvalue weighted by Gasteiger charge is -2.08. The fraction of sp³-hybridized carbons (Fsp3) is 0.400. The zero-order chi connectivity index (χ0) is 14.7. The molecule has 1 aliphatic heterocycles. The summed E-state index contributed by atoms with van der Waals surface area (Å²) in [6.07, 6.45) is 6.17. The number of nitrogens with one attached hydrogen (secondary N) is 1. The summed E-state index contributed by atoms with van der Waals surface area (Å²) in [4.78, 5) is 0. The summed E-state index contributed by atoms with van der Waals surface area (Å²) in [5.74, 6) is -0.326. The van der Waals surface area contributed by atoms with E-state index in [0.29, 0.717) is 11.6 Å². The van der Waals surface area contributed by atoms with E-state index in [0.717, 1.165) is 37.2 Å². The summed E-state index contributed by atoms with van der Waals surface area (Å²) < 4.78 is 20.7. The molecule has 1 saturated heterocycles. The average molecular weight is 310 g/mol. The summed E-state index contributed by atoms with van der Waals surface area (Å²) in [7, 11) is 0. The van der Waals surface area contributed by atoms with Gasteiger partial charge in [0.05, 0.1) is 24.5 Å². The van der Waals surface area contributed by atoms with Gasteiger partial charge in [-0.15, -0.1) is 0 Å². The van der Waals surface area contributed by atoms with Crippen molar-refractivity contribution >= 4 is 17.3 Å². The average Bonchev–Trinajstić information content (AvgIpc) is 3.08. The molecule has 0 amide bonds. The van der Waals surface area contributed by atoms with Gasteiger partial charge in [0.1, 0.15) is 5.82 Å². The standard InChI is InChI=1S/C15H17ClFN3O/c16-12-4-11(5-13(17)6-12)7-18-14-8-19-20(9-14)10-15-2-1-3-21-15/h4-6,8-9,15,18H,1-3,7,10H2. The molecule has 1 aromatic carbocycles. The third-order valence-electron chi connectivity index (χ3n) is 3.47. The third-order valence-corrected chi connectivity index (χ3v) is 3.69. The van der Waals surface area contributed by atoms with Gasteiger partial charge in [0.25, 0.3) is 0 Å². The van der Waals surface area contributed by atoms with E-state index in [1.165, 1.54) is 12.1 Å². The van der Waals surface area contributed by atoms with E-state index in [1.54, 1.807) is 12.3 Å². The maximum Gasteiger partial charge on any atom is 0.125 e. The smallest absolute Gasteiger partial charge is 0.125 e. The molecule has 1 fully saturated rings. The van der Waals surface area contributed by atoms with Crippen molar-refractivity contribution in [3.63, 3.8) is 0 Å². The highest BCUT2D eigenvalue weighted by Gasteiger charge is 2.16. The molecule has 112 valence electrons. The molecule has 1 unspecified atom stereocenters. The van der Waals surface area contributed by atoms with Crippen LogP contribution < -0.4 is 5.32 Å². The molecule has 2 heterocycles. The van der Waals surface area contributed by atoms with Gasteiger partial charge in [-0.25, -0.2) is 4.39 Å². The van der Waals surface area contributed by atoms with Crippen LogP contribution in [-0.4, -0.2) is 22.5 Å². The van der Waals surface area contributed by atoms with Gasteiger partial charge >= 0.3 is 0 Å². The van der Waals surface area contributed by atoms with Gasteiger partial charge in [0.2, 0.25) is 0 Å². The summed E-state index contributed by atoms with van der Waals surface area (Å²) in [6, 6.07) is 4.51. The first kappa shape index (κ1) is 14.4. The van der Waals surface area contributed by atoms with Crippen LogP contribution >= 0.6 is 11.6 Å². The molecule has 0 aliphatic carbocycles. The zero-order valence-electron chi connectivity index (χ0n) is 11.6. The summed E-state index contributed by atoms with van der Waals surface area (Å²) in [5, 5.41) is 7.92. The fourth-order valence-electron chi connectivity index (χ4n) is 2.47. The number of halogens is 2. The van der Waals surface area contributed by atoms with E-state index in [4.69, 9.17) is 16.3 Å². The first-order valence-corrected chi connectivity index (χ1v) is 7.40. The maximum atomic E-state index is 13.2. The quantitative estimate of drug-likeness (QED) is 0.919. The van der Waals surface area contributed by atoms with Gasteiger partial charge in [0.15, 0.2) is 0 Å². The predicted molar refractivity (Wildman–Crippen MR) is 79.9 cm³/mol. The monoisotopic (exact) mass is 309 g/mol. The van der Waals surface area contributed by atoms with Crippen LogP contribution in [0, 0.1) is 5.82 Å². The van der Waals surface area contributed by atoms with E-state index >= 15 is 0 Å². The Morgan fingerprint density at radius 3 is 3.10 bits per heavy atom. The molecule has 0 spiro atoms. The lowest BCUT2D eigenvalue weighted by molar-refractivity contribution is 0.0940. The molecule has 3 rings (SSSR count). The molecule has 0 saturated carbocycles. The maximum absolute atomic E-state index is 13.2. The summed E-state index contributed by atoms with van der Waals surface area (Å²) in [6.45, 7) is 2.12. The molecule has 1 atom stereocenters. The number of aromatic nitrogens is 2. The molecular formula is C15H17ClFN3O. The minimum Gasteiger partial charge on any atom is -0.378 e. The molecule has 1 aliphatic rings. The largest absolute Gasteiger partial charge is 0.378 e. The summed E-state index contributed by atoms with van der Waals surface area (Å²) in [5.41, 5.74) is 1.69. The van der Waals surface area contributed by atoms with Gasteiger partial charge in [-0.1, -0.05) is 11.6 Å². The van der Waals surface area contributed by atoms with Crippen molar-refractivity contribution < 1.29 is 9.13 Å². The molecule has 2 aromatic rings. The van der Waals surface area contributed by atoms with Gasteiger partial charge in [-0.2, -0.15) is 5.10 Å². The topological polar surface area (TPSA) is 39.1 Å². The number of rotatable bonds is 5. The van der Waals surface area contributed by atoms with Crippen LogP contribution in [0.15, 0.2) is 30.6 Å². The summed E-state index contributed by atoms with van der Waals surface area (Å²) >= 11 is 5.83. The second kappa shape index (κ2) is 6.45. The molecular weight excluding hydrogens is 293 g/mol. The highest BCUT2D eigenvalue weighted by atomic mass is 35.5. The molecule has 21 heavy (non-hydrogen) atoms. The number of hydrogen-bond acceptors (Lipinski definition) is 3. The van der Waals surface area contributed by atoms with Crippen LogP contribution in [0.25, 0.3) is 0 Å². The third kappa shape index (κ3) is 3.95. The first-order valence-electron chi connectivity index (χ1n) is 7.02. The molecule has 1 aromatic heterocycles. The molecule has 0 bridgehead atoms. The Labute approximate surface area is 127 Å². The Kier molecular flexibility index (Phi) is 4.41. The van der Waals surface area contributed by atoms with Crippen molar-refractivity contribution in [2.75, 3.05) is 11.9 Å². The first-order chi connectivity index (χ1) is 10.2. The SMILES string of the molecule is Fc1cc(Cl)cc(CNc2cnn(CC3CCCO3)c2)c1. The Bertz CT molecular complexity index is 590. The number of nitrogens with zero attached hydrogens (tertiary/aromatic N) is 2. The van der Waals surface area contributed by atoms with Crippen LogP contribution in [0.2, 0.25) is 5.02 Å². The van der Waals surface area contributed by atoms with Crippen molar-refractivity contribution in [3.8, 4) is 0 Å². The van der Waals surface area contributed by atoms with Gasteiger partial charge in [-0.3, -0.25) is 4.68 Å². The van der Waals surface area contributed by atoms with E-state index in [-0.39, 0.29) is 11.9 Å². The van der Waals surface area contributed by atoms with Crippen LogP contribution in [0.4, 0.5) is 10.1 Å². The van der Waals surface area contributed by atoms with Crippen molar-refractivity contribution in [1.82, 2.24) is 9.78 Å². The van der Waals surface area contributed by atoms with Crippen LogP contribution in [0.5, 0.6) is 0 Å². The minimum absolute atomic E-state index is 0.264. The lowest BCUT2D eigenvalue weighted by Crippen LogP contribution is -2.15. The van der Waals surface area contributed by atoms with E-state index in [9.17, 15) is 4.39 Å². The van der Waals surface area contributed by atoms with Crippen LogP contribution in [0.3, 0.4) is 0 Å². The number of anilines is 1. The van der Waals surface area contributed by atoms with Gasteiger partial charge < -0.3 is 10.1 Å². The number of hydrogen-bond donors (Lipinski definition) is 1. The zero-order valence-corrected chi connectivity index (χ0v) is 12.3. The molecule has 1 N–H and O–H groups in total. The van der Waals surface area contributed by atoms with E-state index < -0.39 is 0 Å². The minimum atomic E-state index is -0.326. The van der Waals surface area contributed by atoms with Crippen LogP contribution in [-0.2, 0) is 17.8 Å². The van der Waals surface area contributed by atoms with Crippen molar-refractivity contribution in [1.29, 1.82) is 0 Å². The second-order valence-corrected chi connectivity index (χ2v) is 5.65. The molecule has 4 nitrogen and oxygen atoms in total. The van der Waals surface area contributed by atoms with Gasteiger partial charge in [-0.05, 0) is 36.6 Å². The van der Waals surface area contributed by atoms with Crippen molar-refractivity contribution in [2.24, 2.45) is 0 Å². The number of benzene rings is 1. The van der Waals surface area contributed by atoms with E-state index in [1.807, 2.05) is 10.9 Å². The highest BCUT2D eigenvalue weighted by molar-refractivity contribution is 6.30. The van der Waals surface area contributed by atoms with Crippen molar-refractivity contribution in [2.45, 2.75) is 32.0 Å². The molecule has 6 heteroatoms. The normalized spacial score (nSPS) is 18.1. The second-order valence-electron chi connectivity index (χ2n) is 5.22. The number of ether oxygens (including phenoxy) is 1. The van der Waals surface area contributed by atoms with Crippen molar-refractivity contribution in [3.05, 3.63) is 47.0 Å². The molecule has 0 radical (unpaired) electrons. The Hall–Kier alpha value is -1.59. The Morgan fingerprint density at radius 1 is 1.43 bits per heavy atom.